The molecule has 0 saturated heterocycles. The van der Waals surface area contributed by atoms with Crippen molar-refractivity contribution >= 4 is 40.3 Å². The zero-order valence-corrected chi connectivity index (χ0v) is 17.3. The molecule has 3 nitrogen and oxygen atoms in total. The number of thiocarbonyl (C=S) groups is 1. The van der Waals surface area contributed by atoms with Crippen molar-refractivity contribution in [1.29, 1.82) is 0 Å². The summed E-state index contributed by atoms with van der Waals surface area (Å²) in [6.45, 7) is 0. The van der Waals surface area contributed by atoms with Gasteiger partial charge in [-0.1, -0.05) is 66.2 Å². The number of nitrogens with zero attached hydrogens (tertiary/aromatic N) is 2. The van der Waals surface area contributed by atoms with Gasteiger partial charge >= 0.3 is 0 Å². The summed E-state index contributed by atoms with van der Waals surface area (Å²) in [4.78, 5) is 0. The minimum Gasteiger partial charge on any atom is -0.331 e. The van der Waals surface area contributed by atoms with Crippen LogP contribution in [0.5, 0.6) is 0 Å². The van der Waals surface area contributed by atoms with Crippen molar-refractivity contribution in [1.82, 2.24) is 5.01 Å². The molecule has 2 aliphatic rings. The predicted molar refractivity (Wildman–Crippen MR) is 123 cm³/mol. The quantitative estimate of drug-likeness (QED) is 0.513. The molecular weight excluding hydrogens is 398 g/mol. The third kappa shape index (κ3) is 3.43. The molecule has 5 rings (SSSR count). The van der Waals surface area contributed by atoms with E-state index >= 15 is 0 Å². The Kier molecular flexibility index (Phi) is 4.82. The van der Waals surface area contributed by atoms with Crippen molar-refractivity contribution in [3.05, 3.63) is 101 Å². The van der Waals surface area contributed by atoms with Gasteiger partial charge in [-0.25, -0.2) is 5.01 Å². The second-order valence-electron chi connectivity index (χ2n) is 7.42. The van der Waals surface area contributed by atoms with E-state index in [1.165, 1.54) is 16.7 Å². The van der Waals surface area contributed by atoms with Crippen molar-refractivity contribution in [2.45, 2.75) is 18.9 Å². The van der Waals surface area contributed by atoms with E-state index in [1.54, 1.807) is 0 Å². The Morgan fingerprint density at radius 1 is 0.966 bits per heavy atom. The van der Waals surface area contributed by atoms with Crippen LogP contribution in [0.4, 0.5) is 5.69 Å². The summed E-state index contributed by atoms with van der Waals surface area (Å²) in [5.41, 5.74) is 5.87. The maximum Gasteiger partial charge on any atom is 0.194 e. The van der Waals surface area contributed by atoms with Crippen molar-refractivity contribution < 1.29 is 0 Å². The van der Waals surface area contributed by atoms with E-state index in [1.807, 2.05) is 47.5 Å². The highest BCUT2D eigenvalue weighted by atomic mass is 35.5. The van der Waals surface area contributed by atoms with Gasteiger partial charge < -0.3 is 5.32 Å². The molecule has 144 valence electrons. The molecule has 0 radical (unpaired) electrons. The van der Waals surface area contributed by atoms with Crippen molar-refractivity contribution in [2.75, 3.05) is 5.32 Å². The van der Waals surface area contributed by atoms with Crippen LogP contribution in [0.25, 0.3) is 0 Å². The maximum atomic E-state index is 6.15. The van der Waals surface area contributed by atoms with Crippen LogP contribution < -0.4 is 5.32 Å². The zero-order chi connectivity index (χ0) is 19.8. The van der Waals surface area contributed by atoms with Crippen molar-refractivity contribution in [3.8, 4) is 0 Å². The number of hydrogen-bond donors (Lipinski definition) is 1. The summed E-state index contributed by atoms with van der Waals surface area (Å²) in [7, 11) is 0. The first kappa shape index (κ1) is 18.3. The van der Waals surface area contributed by atoms with E-state index in [9.17, 15) is 0 Å². The van der Waals surface area contributed by atoms with Crippen LogP contribution in [0.15, 0.2) is 84.0 Å². The Morgan fingerprint density at radius 3 is 2.48 bits per heavy atom. The first-order valence-corrected chi connectivity index (χ1v) is 10.6. The number of rotatable bonds is 2. The Morgan fingerprint density at radius 2 is 1.69 bits per heavy atom. The molecular formula is C24H20ClN3S. The second kappa shape index (κ2) is 7.62. The lowest BCUT2D eigenvalue weighted by atomic mass is 9.77. The standard InChI is InChI=1S/C24H20ClN3S/c25-18-13-10-17(11-14-18)23-21-15-12-16-6-4-5-9-20(16)22(21)27-28(23)24(29)26-19-7-2-1-3-8-19/h1-11,13-14,21,23H,12,15H2,(H,26,29)/t21-,23-/m0/s1. The average Bonchev–Trinajstić information content (AvgIpc) is 3.15. The van der Waals surface area contributed by atoms with Crippen molar-refractivity contribution in [3.63, 3.8) is 0 Å². The van der Waals surface area contributed by atoms with Gasteiger partial charge in [-0.3, -0.25) is 0 Å². The molecule has 5 heteroatoms. The largest absolute Gasteiger partial charge is 0.331 e. The van der Waals surface area contributed by atoms with Crippen LogP contribution in [0.2, 0.25) is 5.02 Å². The minimum atomic E-state index is 0.0549. The lowest BCUT2D eigenvalue weighted by Crippen LogP contribution is -2.34. The number of halogens is 1. The fraction of sp³-hybridized carbons (Fsp3) is 0.167. The van der Waals surface area contributed by atoms with Gasteiger partial charge in [0.2, 0.25) is 0 Å². The first-order valence-electron chi connectivity index (χ1n) is 9.78. The minimum absolute atomic E-state index is 0.0549. The second-order valence-corrected chi connectivity index (χ2v) is 8.25. The molecule has 0 fully saturated rings. The SMILES string of the molecule is S=C(Nc1ccccc1)N1N=C2c3ccccc3CC[C@@H]2[C@@H]1c1ccc(Cl)cc1. The Bertz CT molecular complexity index is 1080. The molecule has 0 unspecified atom stereocenters. The van der Waals surface area contributed by atoms with Gasteiger partial charge in [-0.05, 0) is 60.5 Å². The number of hydrogen-bond acceptors (Lipinski definition) is 2. The van der Waals surface area contributed by atoms with E-state index in [0.717, 1.165) is 29.3 Å². The van der Waals surface area contributed by atoms with Gasteiger partial charge in [0.15, 0.2) is 5.11 Å². The van der Waals surface area contributed by atoms with Gasteiger partial charge in [-0.2, -0.15) is 5.10 Å². The number of benzene rings is 3. The number of anilines is 1. The van der Waals surface area contributed by atoms with E-state index in [0.29, 0.717) is 11.0 Å². The molecule has 3 aromatic rings. The highest BCUT2D eigenvalue weighted by Crippen LogP contribution is 2.43. The van der Waals surface area contributed by atoms with Gasteiger partial charge in [0.25, 0.3) is 0 Å². The van der Waals surface area contributed by atoms with E-state index < -0.39 is 0 Å². The van der Waals surface area contributed by atoms with E-state index in [4.69, 9.17) is 28.9 Å². The molecule has 0 spiro atoms. The highest BCUT2D eigenvalue weighted by Gasteiger charge is 2.42. The van der Waals surface area contributed by atoms with E-state index in [2.05, 4.69) is 41.7 Å². The summed E-state index contributed by atoms with van der Waals surface area (Å²) in [6.07, 6.45) is 2.10. The zero-order valence-electron chi connectivity index (χ0n) is 15.8. The Labute approximate surface area is 181 Å². The topological polar surface area (TPSA) is 27.6 Å². The van der Waals surface area contributed by atoms with Gasteiger partial charge in [0.1, 0.15) is 0 Å². The summed E-state index contributed by atoms with van der Waals surface area (Å²) in [5, 5.41) is 11.7. The number of fused-ring (bicyclic) bond motifs is 3. The van der Waals surface area contributed by atoms with Crippen LogP contribution in [-0.2, 0) is 6.42 Å². The van der Waals surface area contributed by atoms with Crippen LogP contribution in [0.3, 0.4) is 0 Å². The van der Waals surface area contributed by atoms with Crippen LogP contribution >= 0.6 is 23.8 Å². The van der Waals surface area contributed by atoms with Gasteiger partial charge in [-0.15, -0.1) is 0 Å². The predicted octanol–water partition coefficient (Wildman–Crippen LogP) is 6.06. The number of hydrazone groups is 1. The molecule has 1 aliphatic carbocycles. The van der Waals surface area contributed by atoms with Crippen LogP contribution in [0.1, 0.15) is 29.2 Å². The fourth-order valence-electron chi connectivity index (χ4n) is 4.33. The molecule has 1 N–H and O–H groups in total. The van der Waals surface area contributed by atoms with Crippen molar-refractivity contribution in [2.24, 2.45) is 11.0 Å². The summed E-state index contributed by atoms with van der Waals surface area (Å²) in [6, 6.07) is 26.7. The molecule has 0 aromatic heterocycles. The third-order valence-electron chi connectivity index (χ3n) is 5.67. The molecule has 0 bridgehead atoms. The Hall–Kier alpha value is -2.69. The first-order chi connectivity index (χ1) is 14.2. The monoisotopic (exact) mass is 417 g/mol. The number of para-hydroxylation sites is 1. The number of nitrogens with one attached hydrogen (secondary N) is 1. The van der Waals surface area contributed by atoms with Gasteiger partial charge in [0, 0.05) is 22.2 Å². The highest BCUT2D eigenvalue weighted by molar-refractivity contribution is 7.80. The smallest absolute Gasteiger partial charge is 0.194 e. The number of aryl methyl sites for hydroxylation is 1. The molecule has 0 saturated carbocycles. The molecule has 0 amide bonds. The molecule has 29 heavy (non-hydrogen) atoms. The molecule has 2 atom stereocenters. The average molecular weight is 418 g/mol. The summed E-state index contributed by atoms with van der Waals surface area (Å²) >= 11 is 11.9. The normalized spacial score (nSPS) is 19.9. The van der Waals surface area contributed by atoms with E-state index in [-0.39, 0.29) is 6.04 Å². The van der Waals surface area contributed by atoms with Crippen LogP contribution in [0, 0.1) is 5.92 Å². The fourth-order valence-corrected chi connectivity index (χ4v) is 4.73. The van der Waals surface area contributed by atoms with Gasteiger partial charge in [0.05, 0.1) is 11.8 Å². The lowest BCUT2D eigenvalue weighted by molar-refractivity contribution is 0.311. The molecule has 3 aromatic carbocycles. The third-order valence-corrected chi connectivity index (χ3v) is 6.22. The summed E-state index contributed by atoms with van der Waals surface area (Å²) in [5.74, 6) is 0.293. The Balaban J connectivity index is 1.55. The summed E-state index contributed by atoms with van der Waals surface area (Å²) < 4.78 is 0. The van der Waals surface area contributed by atoms with Crippen LogP contribution in [-0.4, -0.2) is 15.8 Å². The lowest BCUT2D eigenvalue weighted by Gasteiger charge is -2.31. The molecule has 1 heterocycles. The maximum absolute atomic E-state index is 6.15. The molecule has 1 aliphatic heterocycles.